The van der Waals surface area contributed by atoms with Gasteiger partial charge in [-0.3, -0.25) is 4.57 Å². The molecule has 2 heterocycles. The van der Waals surface area contributed by atoms with E-state index >= 15 is 0 Å². The van der Waals surface area contributed by atoms with Gasteiger partial charge < -0.3 is 9.15 Å². The lowest BCUT2D eigenvalue weighted by Crippen LogP contribution is -2.01. The van der Waals surface area contributed by atoms with E-state index < -0.39 is 0 Å². The lowest BCUT2D eigenvalue weighted by molar-refractivity contribution is 0.340. The summed E-state index contributed by atoms with van der Waals surface area (Å²) in [4.78, 5) is 17.0. The standard InChI is InChI=1S/C26H22N2O3S/c1-3-30-20-11-9-19(10-12-20)28-23-7-5-4-6-22(23)27-26(28)32-16-18-15-25(29)31-24-14-17(2)8-13-21(18)24/h4-15H,3,16H2,1-2H3. The Labute approximate surface area is 189 Å². The molecule has 3 aromatic carbocycles. The van der Waals surface area contributed by atoms with E-state index in [0.717, 1.165) is 44.1 Å². The molecule has 32 heavy (non-hydrogen) atoms. The SMILES string of the molecule is CCOc1ccc(-n2c(SCc3cc(=O)oc4cc(C)ccc34)nc3ccccc32)cc1. The van der Waals surface area contributed by atoms with Gasteiger partial charge in [-0.2, -0.15) is 0 Å². The molecule has 0 fully saturated rings. The molecule has 0 N–H and O–H groups in total. The first-order valence-corrected chi connectivity index (χ1v) is 11.5. The van der Waals surface area contributed by atoms with Gasteiger partial charge in [0.25, 0.3) is 0 Å². The van der Waals surface area contributed by atoms with Gasteiger partial charge in [-0.25, -0.2) is 9.78 Å². The molecule has 5 nitrogen and oxygen atoms in total. The number of aryl methyl sites for hydroxylation is 1. The van der Waals surface area contributed by atoms with Gasteiger partial charge in [-0.05, 0) is 67.4 Å². The molecule has 0 atom stereocenters. The van der Waals surface area contributed by atoms with Gasteiger partial charge >= 0.3 is 5.63 Å². The van der Waals surface area contributed by atoms with Crippen LogP contribution in [0.5, 0.6) is 5.75 Å². The lowest BCUT2D eigenvalue weighted by Gasteiger charge is -2.11. The molecular formula is C26H22N2O3S. The third kappa shape index (κ3) is 3.89. The minimum absolute atomic E-state index is 0.335. The second kappa shape index (κ2) is 8.55. The molecule has 0 radical (unpaired) electrons. The summed E-state index contributed by atoms with van der Waals surface area (Å²) in [7, 11) is 0. The van der Waals surface area contributed by atoms with Crippen LogP contribution in [0.1, 0.15) is 18.1 Å². The van der Waals surface area contributed by atoms with Crippen LogP contribution < -0.4 is 10.4 Å². The minimum atomic E-state index is -0.335. The first kappa shape index (κ1) is 20.4. The average Bonchev–Trinajstić information content (AvgIpc) is 3.16. The van der Waals surface area contributed by atoms with E-state index in [4.69, 9.17) is 14.1 Å². The van der Waals surface area contributed by atoms with Crippen molar-refractivity contribution >= 4 is 33.8 Å². The fraction of sp³-hybridized carbons (Fsp3) is 0.154. The molecule has 5 aromatic rings. The first-order chi connectivity index (χ1) is 15.6. The van der Waals surface area contributed by atoms with Crippen molar-refractivity contribution in [3.63, 3.8) is 0 Å². The van der Waals surface area contributed by atoms with Gasteiger partial charge in [0.05, 0.1) is 17.6 Å². The maximum atomic E-state index is 12.1. The molecule has 0 bridgehead atoms. The van der Waals surface area contributed by atoms with Crippen LogP contribution in [0.3, 0.4) is 0 Å². The number of thioether (sulfide) groups is 1. The van der Waals surface area contributed by atoms with Crippen LogP contribution in [0.15, 0.2) is 87.2 Å². The number of hydrogen-bond acceptors (Lipinski definition) is 5. The van der Waals surface area contributed by atoms with E-state index in [-0.39, 0.29) is 5.63 Å². The van der Waals surface area contributed by atoms with Crippen molar-refractivity contribution in [3.05, 3.63) is 94.3 Å². The monoisotopic (exact) mass is 442 g/mol. The summed E-state index contributed by atoms with van der Waals surface area (Å²) in [5, 5.41) is 1.82. The van der Waals surface area contributed by atoms with Crippen molar-refractivity contribution in [3.8, 4) is 11.4 Å². The minimum Gasteiger partial charge on any atom is -0.494 e. The van der Waals surface area contributed by atoms with Crippen molar-refractivity contribution in [1.82, 2.24) is 9.55 Å². The van der Waals surface area contributed by atoms with Crippen molar-refractivity contribution in [2.45, 2.75) is 24.8 Å². The highest BCUT2D eigenvalue weighted by Crippen LogP contribution is 2.32. The Morgan fingerprint density at radius 3 is 2.66 bits per heavy atom. The molecule has 0 aliphatic rings. The normalized spacial score (nSPS) is 11.3. The highest BCUT2D eigenvalue weighted by molar-refractivity contribution is 7.98. The zero-order valence-electron chi connectivity index (χ0n) is 17.9. The topological polar surface area (TPSA) is 57.3 Å². The van der Waals surface area contributed by atoms with Crippen LogP contribution in [-0.4, -0.2) is 16.2 Å². The lowest BCUT2D eigenvalue weighted by atomic mass is 10.1. The Morgan fingerprint density at radius 2 is 1.84 bits per heavy atom. The van der Waals surface area contributed by atoms with Crippen LogP contribution in [0, 0.1) is 6.92 Å². The number of imidazole rings is 1. The summed E-state index contributed by atoms with van der Waals surface area (Å²) in [5.41, 5.74) is 5.25. The summed E-state index contributed by atoms with van der Waals surface area (Å²) >= 11 is 1.60. The molecule has 0 unspecified atom stereocenters. The predicted molar refractivity (Wildman–Crippen MR) is 129 cm³/mol. The van der Waals surface area contributed by atoms with Crippen molar-refractivity contribution < 1.29 is 9.15 Å². The molecule has 160 valence electrons. The smallest absolute Gasteiger partial charge is 0.336 e. The van der Waals surface area contributed by atoms with Crippen molar-refractivity contribution in [2.75, 3.05) is 6.61 Å². The van der Waals surface area contributed by atoms with E-state index in [2.05, 4.69) is 10.6 Å². The van der Waals surface area contributed by atoms with E-state index in [1.54, 1.807) is 17.8 Å². The predicted octanol–water partition coefficient (Wildman–Crippen LogP) is 6.13. The van der Waals surface area contributed by atoms with Gasteiger partial charge in [0, 0.05) is 22.9 Å². The van der Waals surface area contributed by atoms with Crippen LogP contribution >= 0.6 is 11.8 Å². The van der Waals surface area contributed by atoms with Crippen molar-refractivity contribution in [2.24, 2.45) is 0 Å². The molecule has 0 amide bonds. The number of rotatable bonds is 6. The quantitative estimate of drug-likeness (QED) is 0.234. The summed E-state index contributed by atoms with van der Waals surface area (Å²) in [6.45, 7) is 4.59. The largest absolute Gasteiger partial charge is 0.494 e. The second-order valence-electron chi connectivity index (χ2n) is 7.52. The zero-order chi connectivity index (χ0) is 22.1. The number of ether oxygens (including phenoxy) is 1. The van der Waals surface area contributed by atoms with E-state index in [1.807, 2.05) is 74.5 Å². The summed E-state index contributed by atoms with van der Waals surface area (Å²) < 4.78 is 13.1. The molecule has 0 aliphatic heterocycles. The fourth-order valence-electron chi connectivity index (χ4n) is 3.81. The molecule has 0 aliphatic carbocycles. The maximum Gasteiger partial charge on any atom is 0.336 e. The van der Waals surface area contributed by atoms with Gasteiger partial charge in [0.15, 0.2) is 5.16 Å². The Kier molecular flexibility index (Phi) is 5.45. The highest BCUT2D eigenvalue weighted by Gasteiger charge is 2.15. The number of benzene rings is 3. The molecule has 0 spiro atoms. The van der Waals surface area contributed by atoms with Gasteiger partial charge in [-0.15, -0.1) is 0 Å². The van der Waals surface area contributed by atoms with E-state index in [0.29, 0.717) is 17.9 Å². The summed E-state index contributed by atoms with van der Waals surface area (Å²) in [5.74, 6) is 1.44. The molecule has 6 heteroatoms. The molecule has 0 saturated heterocycles. The van der Waals surface area contributed by atoms with E-state index in [1.165, 1.54) is 0 Å². The van der Waals surface area contributed by atoms with Crippen LogP contribution in [0.2, 0.25) is 0 Å². The first-order valence-electron chi connectivity index (χ1n) is 10.5. The van der Waals surface area contributed by atoms with Gasteiger partial charge in [0.1, 0.15) is 11.3 Å². The Balaban J connectivity index is 1.55. The molecule has 2 aromatic heterocycles. The summed E-state index contributed by atoms with van der Waals surface area (Å²) in [6.07, 6.45) is 0. The molecule has 5 rings (SSSR count). The Bertz CT molecular complexity index is 1470. The van der Waals surface area contributed by atoms with Gasteiger partial charge in [-0.1, -0.05) is 36.0 Å². The second-order valence-corrected chi connectivity index (χ2v) is 8.47. The van der Waals surface area contributed by atoms with E-state index in [9.17, 15) is 4.79 Å². The van der Waals surface area contributed by atoms with Crippen molar-refractivity contribution in [1.29, 1.82) is 0 Å². The number of fused-ring (bicyclic) bond motifs is 2. The van der Waals surface area contributed by atoms with Crippen LogP contribution in [-0.2, 0) is 5.75 Å². The number of hydrogen-bond donors (Lipinski definition) is 0. The highest BCUT2D eigenvalue weighted by atomic mass is 32.2. The molecule has 0 saturated carbocycles. The fourth-order valence-corrected chi connectivity index (χ4v) is 4.83. The zero-order valence-corrected chi connectivity index (χ0v) is 18.7. The number of nitrogens with zero attached hydrogens (tertiary/aromatic N) is 2. The third-order valence-corrected chi connectivity index (χ3v) is 6.27. The number of aromatic nitrogens is 2. The van der Waals surface area contributed by atoms with Crippen LogP contribution in [0.4, 0.5) is 0 Å². The third-order valence-electron chi connectivity index (χ3n) is 5.28. The molecular weight excluding hydrogens is 420 g/mol. The van der Waals surface area contributed by atoms with Crippen LogP contribution in [0.25, 0.3) is 27.7 Å². The summed E-state index contributed by atoms with van der Waals surface area (Å²) in [6, 6.07) is 23.6. The average molecular weight is 443 g/mol. The Hall–Kier alpha value is -3.51. The Morgan fingerprint density at radius 1 is 1.03 bits per heavy atom. The maximum absolute atomic E-state index is 12.1. The van der Waals surface area contributed by atoms with Gasteiger partial charge in [0.2, 0.25) is 0 Å². The number of para-hydroxylation sites is 2.